The Morgan fingerprint density at radius 1 is 1.38 bits per heavy atom. The van der Waals surface area contributed by atoms with Crippen LogP contribution in [-0.4, -0.2) is 16.4 Å². The number of rotatable bonds is 2. The Labute approximate surface area is 113 Å². The van der Waals surface area contributed by atoms with Crippen molar-refractivity contribution >= 4 is 50.2 Å². The summed E-state index contributed by atoms with van der Waals surface area (Å²) in [6, 6.07) is 9.45. The van der Waals surface area contributed by atoms with Crippen molar-refractivity contribution in [1.29, 1.82) is 0 Å². The SMILES string of the molecule is Br.CCC1=NN(c2ccccc2)C(=O)C1Br. The molecule has 0 saturated carbocycles. The van der Waals surface area contributed by atoms with Gasteiger partial charge in [-0.3, -0.25) is 4.79 Å². The van der Waals surface area contributed by atoms with Crippen LogP contribution in [0.3, 0.4) is 0 Å². The Morgan fingerprint density at radius 3 is 2.50 bits per heavy atom. The zero-order valence-corrected chi connectivity index (χ0v) is 12.1. The molecule has 1 aromatic rings. The molecule has 1 heterocycles. The van der Waals surface area contributed by atoms with E-state index < -0.39 is 0 Å². The number of halogens is 2. The minimum atomic E-state index is -0.261. The molecule has 1 amide bonds. The summed E-state index contributed by atoms with van der Waals surface area (Å²) in [5.74, 6) is -0.0157. The highest BCUT2D eigenvalue weighted by Crippen LogP contribution is 2.24. The summed E-state index contributed by atoms with van der Waals surface area (Å²) in [6.07, 6.45) is 0.783. The van der Waals surface area contributed by atoms with E-state index in [2.05, 4.69) is 21.0 Å². The van der Waals surface area contributed by atoms with Crippen LogP contribution in [-0.2, 0) is 4.79 Å². The van der Waals surface area contributed by atoms with Crippen LogP contribution in [0.4, 0.5) is 5.69 Å². The van der Waals surface area contributed by atoms with E-state index in [0.29, 0.717) is 0 Å². The first-order chi connectivity index (χ1) is 7.24. The molecular weight excluding hydrogens is 336 g/mol. The summed E-state index contributed by atoms with van der Waals surface area (Å²) >= 11 is 3.35. The summed E-state index contributed by atoms with van der Waals surface area (Å²) in [7, 11) is 0. The topological polar surface area (TPSA) is 32.7 Å². The van der Waals surface area contributed by atoms with Crippen molar-refractivity contribution in [3.63, 3.8) is 0 Å². The van der Waals surface area contributed by atoms with E-state index in [9.17, 15) is 4.79 Å². The molecule has 5 heteroatoms. The molecule has 1 unspecified atom stereocenters. The molecule has 0 aliphatic carbocycles. The number of hydrogen-bond donors (Lipinski definition) is 0. The maximum absolute atomic E-state index is 11.8. The molecule has 2 rings (SSSR count). The Hall–Kier alpha value is -0.680. The lowest BCUT2D eigenvalue weighted by Gasteiger charge is -2.11. The Balaban J connectivity index is 0.00000128. The second-order valence-electron chi connectivity index (χ2n) is 3.29. The van der Waals surface area contributed by atoms with Crippen LogP contribution in [0.5, 0.6) is 0 Å². The first-order valence-corrected chi connectivity index (χ1v) is 5.76. The van der Waals surface area contributed by atoms with Crippen molar-refractivity contribution in [2.45, 2.75) is 18.2 Å². The molecule has 1 atom stereocenters. The maximum atomic E-state index is 11.8. The molecule has 3 nitrogen and oxygen atoms in total. The van der Waals surface area contributed by atoms with Crippen molar-refractivity contribution in [1.82, 2.24) is 0 Å². The largest absolute Gasteiger partial charge is 0.271 e. The van der Waals surface area contributed by atoms with Crippen molar-refractivity contribution in [2.75, 3.05) is 5.01 Å². The fourth-order valence-electron chi connectivity index (χ4n) is 1.48. The highest BCUT2D eigenvalue weighted by atomic mass is 79.9. The Kier molecular flexibility index (Phi) is 4.68. The average Bonchev–Trinajstić information content (AvgIpc) is 2.57. The normalized spacial score (nSPS) is 19.4. The first kappa shape index (κ1) is 13.4. The minimum absolute atomic E-state index is 0. The molecule has 0 radical (unpaired) electrons. The number of alkyl halides is 1. The number of benzene rings is 1. The van der Waals surface area contributed by atoms with Gasteiger partial charge >= 0.3 is 0 Å². The van der Waals surface area contributed by atoms with Gasteiger partial charge in [0.25, 0.3) is 5.91 Å². The van der Waals surface area contributed by atoms with Crippen molar-refractivity contribution in [3.8, 4) is 0 Å². The monoisotopic (exact) mass is 346 g/mol. The molecule has 1 aromatic carbocycles. The van der Waals surface area contributed by atoms with Crippen LogP contribution in [0.2, 0.25) is 0 Å². The van der Waals surface area contributed by atoms with E-state index in [-0.39, 0.29) is 27.7 Å². The van der Waals surface area contributed by atoms with Crippen LogP contribution >= 0.6 is 32.9 Å². The lowest BCUT2D eigenvalue weighted by Crippen LogP contribution is -2.27. The number of carbonyl (C=O) groups excluding carboxylic acids is 1. The van der Waals surface area contributed by atoms with Gasteiger partial charge in [-0.25, -0.2) is 0 Å². The predicted octanol–water partition coefficient (Wildman–Crippen LogP) is 3.14. The van der Waals surface area contributed by atoms with Crippen molar-refractivity contribution in [3.05, 3.63) is 30.3 Å². The quantitative estimate of drug-likeness (QED) is 0.756. The maximum Gasteiger partial charge on any atom is 0.267 e. The van der Waals surface area contributed by atoms with Gasteiger partial charge in [-0.05, 0) is 18.6 Å². The van der Waals surface area contributed by atoms with Crippen LogP contribution in [0, 0.1) is 0 Å². The molecule has 0 N–H and O–H groups in total. The second-order valence-corrected chi connectivity index (χ2v) is 4.21. The van der Waals surface area contributed by atoms with E-state index in [0.717, 1.165) is 17.8 Å². The summed E-state index contributed by atoms with van der Waals surface area (Å²) < 4.78 is 0. The second kappa shape index (κ2) is 5.59. The van der Waals surface area contributed by atoms with E-state index in [4.69, 9.17) is 0 Å². The van der Waals surface area contributed by atoms with E-state index in [1.165, 1.54) is 5.01 Å². The van der Waals surface area contributed by atoms with Gasteiger partial charge in [-0.2, -0.15) is 10.1 Å². The Bertz CT molecular complexity index is 406. The molecule has 1 aliphatic rings. The lowest BCUT2D eigenvalue weighted by molar-refractivity contribution is -0.116. The molecular formula is C11H12Br2N2O. The number of carbonyl (C=O) groups is 1. The molecule has 86 valence electrons. The number of anilines is 1. The number of hydrazone groups is 1. The van der Waals surface area contributed by atoms with Gasteiger partial charge in [0.1, 0.15) is 4.83 Å². The number of nitrogens with zero attached hydrogens (tertiary/aromatic N) is 2. The molecule has 0 spiro atoms. The van der Waals surface area contributed by atoms with Gasteiger partial charge in [0.05, 0.1) is 11.4 Å². The van der Waals surface area contributed by atoms with E-state index in [1.54, 1.807) is 0 Å². The van der Waals surface area contributed by atoms with Gasteiger partial charge in [-0.1, -0.05) is 41.1 Å². The summed E-state index contributed by atoms with van der Waals surface area (Å²) in [5.41, 5.74) is 1.69. The highest BCUT2D eigenvalue weighted by Gasteiger charge is 2.33. The average molecular weight is 348 g/mol. The fraction of sp³-hybridized carbons (Fsp3) is 0.273. The number of hydrogen-bond acceptors (Lipinski definition) is 2. The Morgan fingerprint density at radius 2 is 2.00 bits per heavy atom. The zero-order valence-electron chi connectivity index (χ0n) is 8.76. The van der Waals surface area contributed by atoms with E-state index >= 15 is 0 Å². The van der Waals surface area contributed by atoms with Crippen LogP contribution in [0.1, 0.15) is 13.3 Å². The molecule has 0 bridgehead atoms. The van der Waals surface area contributed by atoms with Crippen LogP contribution in [0.25, 0.3) is 0 Å². The third kappa shape index (κ3) is 2.35. The van der Waals surface area contributed by atoms with Crippen LogP contribution < -0.4 is 5.01 Å². The number of para-hydroxylation sites is 1. The molecule has 0 aromatic heterocycles. The van der Waals surface area contributed by atoms with Gasteiger partial charge in [-0.15, -0.1) is 17.0 Å². The lowest BCUT2D eigenvalue weighted by atomic mass is 10.2. The molecule has 0 saturated heterocycles. The summed E-state index contributed by atoms with van der Waals surface area (Å²) in [4.78, 5) is 11.6. The fourth-order valence-corrected chi connectivity index (χ4v) is 2.09. The summed E-state index contributed by atoms with van der Waals surface area (Å²) in [5, 5.41) is 5.75. The number of amides is 1. The molecule has 0 fully saturated rings. The first-order valence-electron chi connectivity index (χ1n) is 4.84. The van der Waals surface area contributed by atoms with Crippen molar-refractivity contribution < 1.29 is 4.79 Å². The minimum Gasteiger partial charge on any atom is -0.271 e. The highest BCUT2D eigenvalue weighted by molar-refractivity contribution is 9.10. The third-order valence-electron chi connectivity index (χ3n) is 2.31. The standard InChI is InChI=1S/C11H11BrN2O.BrH/c1-2-9-10(12)11(15)14(13-9)8-6-4-3-5-7-8;/h3-7,10H,2H2,1H3;1H. The van der Waals surface area contributed by atoms with Gasteiger partial charge < -0.3 is 0 Å². The van der Waals surface area contributed by atoms with Gasteiger partial charge in [0.15, 0.2) is 0 Å². The summed E-state index contributed by atoms with van der Waals surface area (Å²) in [6.45, 7) is 1.99. The molecule has 1 aliphatic heterocycles. The zero-order chi connectivity index (χ0) is 10.8. The van der Waals surface area contributed by atoms with Gasteiger partial charge in [0.2, 0.25) is 0 Å². The third-order valence-corrected chi connectivity index (χ3v) is 3.23. The smallest absolute Gasteiger partial charge is 0.267 e. The molecule has 16 heavy (non-hydrogen) atoms. The predicted molar refractivity (Wildman–Crippen MR) is 74.7 cm³/mol. The van der Waals surface area contributed by atoms with E-state index in [1.807, 2.05) is 37.3 Å². The van der Waals surface area contributed by atoms with Crippen molar-refractivity contribution in [2.24, 2.45) is 5.10 Å². The van der Waals surface area contributed by atoms with Crippen LogP contribution in [0.15, 0.2) is 35.4 Å². The van der Waals surface area contributed by atoms with Gasteiger partial charge in [0, 0.05) is 0 Å².